The van der Waals surface area contributed by atoms with E-state index in [-0.39, 0.29) is 41.5 Å². The highest BCUT2D eigenvalue weighted by molar-refractivity contribution is 7.88. The highest BCUT2D eigenvalue weighted by atomic mass is 32.2. The van der Waals surface area contributed by atoms with E-state index >= 15 is 0 Å². The number of Topliss-reactive ketones (excluding diaryl/α,β-unsaturated/α-hetero) is 1. The van der Waals surface area contributed by atoms with Crippen LogP contribution in [0, 0.1) is 35.0 Å². The van der Waals surface area contributed by atoms with Crippen LogP contribution in [-0.4, -0.2) is 98.2 Å². The molecule has 7 atom stereocenters. The van der Waals surface area contributed by atoms with Crippen LogP contribution in [0.1, 0.15) is 112 Å². The van der Waals surface area contributed by atoms with Crippen LogP contribution in [0.4, 0.5) is 0 Å². The molecule has 5 N–H and O–H groups in total. The minimum absolute atomic E-state index is 0.0344. The first-order valence-electron chi connectivity index (χ1n) is 19.3. The van der Waals surface area contributed by atoms with E-state index in [9.17, 15) is 37.2 Å². The zero-order chi connectivity index (χ0) is 38.5. The number of sulfonamides is 1. The van der Waals surface area contributed by atoms with Gasteiger partial charge in [0.25, 0.3) is 5.91 Å². The third-order valence-electron chi connectivity index (χ3n) is 11.2. The van der Waals surface area contributed by atoms with Crippen LogP contribution >= 0.6 is 0 Å². The van der Waals surface area contributed by atoms with Crippen LogP contribution < -0.4 is 26.0 Å². The van der Waals surface area contributed by atoms with E-state index in [1.54, 1.807) is 18.7 Å². The van der Waals surface area contributed by atoms with Crippen molar-refractivity contribution in [1.82, 2.24) is 30.9 Å². The summed E-state index contributed by atoms with van der Waals surface area (Å²) >= 11 is 0. The van der Waals surface area contributed by atoms with Gasteiger partial charge in [-0.2, -0.15) is 0 Å². The molecule has 0 aromatic rings. The Balaban J connectivity index is 1.46. The maximum absolute atomic E-state index is 14.3. The fourth-order valence-electron chi connectivity index (χ4n) is 8.14. The van der Waals surface area contributed by atoms with E-state index < -0.39 is 69.0 Å². The smallest absolute Gasteiger partial charge is 0.289 e. The molecule has 15 heteroatoms. The normalized spacial score (nSPS) is 24.7. The molecule has 3 saturated carbocycles. The summed E-state index contributed by atoms with van der Waals surface area (Å²) in [6, 6.07) is -3.82. The van der Waals surface area contributed by atoms with Gasteiger partial charge < -0.3 is 26.2 Å². The molecule has 1 saturated heterocycles. The van der Waals surface area contributed by atoms with E-state index in [1.165, 1.54) is 0 Å². The van der Waals surface area contributed by atoms with E-state index in [1.807, 2.05) is 27.7 Å². The molecule has 1 aliphatic heterocycles. The van der Waals surface area contributed by atoms with Crippen LogP contribution in [0.2, 0.25) is 0 Å². The Kier molecular flexibility index (Phi) is 13.9. The van der Waals surface area contributed by atoms with Crippen molar-refractivity contribution in [1.29, 1.82) is 0 Å². The van der Waals surface area contributed by atoms with Gasteiger partial charge in [-0.05, 0) is 74.0 Å². The second-order valence-corrected chi connectivity index (χ2v) is 18.9. The summed E-state index contributed by atoms with van der Waals surface area (Å²) in [5.41, 5.74) is -0.699. The Morgan fingerprint density at radius 1 is 0.827 bits per heavy atom. The van der Waals surface area contributed by atoms with Crippen molar-refractivity contribution >= 4 is 45.3 Å². The Hall–Kier alpha value is -3.07. The molecule has 5 amide bonds. The average molecular weight is 751 g/mol. The first-order valence-corrected chi connectivity index (χ1v) is 21.2. The van der Waals surface area contributed by atoms with Crippen molar-refractivity contribution in [2.75, 3.05) is 19.3 Å². The number of hydrogen-bond acceptors (Lipinski definition) is 8. The average Bonchev–Trinajstić information content (AvgIpc) is 3.63. The quantitative estimate of drug-likeness (QED) is 0.147. The molecule has 14 nitrogen and oxygen atoms in total. The van der Waals surface area contributed by atoms with Gasteiger partial charge >= 0.3 is 0 Å². The van der Waals surface area contributed by atoms with Crippen LogP contribution in [-0.2, 0) is 38.8 Å². The lowest BCUT2D eigenvalue weighted by Gasteiger charge is -2.37. The van der Waals surface area contributed by atoms with Crippen molar-refractivity contribution in [3.8, 4) is 0 Å². The number of likely N-dealkylation sites (tertiary alicyclic amines) is 1. The van der Waals surface area contributed by atoms with Gasteiger partial charge in [0.05, 0.1) is 12.3 Å². The monoisotopic (exact) mass is 750 g/mol. The van der Waals surface area contributed by atoms with Gasteiger partial charge in [-0.3, -0.25) is 28.8 Å². The molecule has 0 aromatic heterocycles. The number of hydrogen-bond donors (Lipinski definition) is 5. The molecule has 0 bridgehead atoms. The molecule has 0 radical (unpaired) electrons. The van der Waals surface area contributed by atoms with Gasteiger partial charge in [0, 0.05) is 25.0 Å². The third kappa shape index (κ3) is 11.0. The number of carbonyl (C=O) groups excluding carboxylic acids is 6. The van der Waals surface area contributed by atoms with Gasteiger partial charge in [-0.15, -0.1) is 0 Å². The number of nitrogens with one attached hydrogen (secondary N) is 5. The largest absolute Gasteiger partial charge is 0.347 e. The number of nitrogens with zero attached hydrogens (tertiary/aromatic N) is 1. The standard InChI is InChI=1S/C37H62N6O8S/c1-8-12-27(30(44)35(48)38-24-16-17-24)39-32(45)25-18-15-23-19-43(20-26(23)25)36(49)31(37(4,5)6)41-34(47)29(22-13-10-9-11-14-22)40-33(46)28(21(2)3)42-52(7,50)51/h21-29,31,42H,8-20H2,1-7H3,(H,38,48)(H,39,45)(H,40,46)(H,41,47)/t23-,25+,26+,27-,28+,29-,31+/m0/s1. The van der Waals surface area contributed by atoms with Crippen LogP contribution in [0.15, 0.2) is 0 Å². The maximum atomic E-state index is 14.3. The highest BCUT2D eigenvalue weighted by Gasteiger charge is 2.49. The number of fused-ring (bicyclic) bond motifs is 1. The van der Waals surface area contributed by atoms with Gasteiger partial charge in [-0.1, -0.05) is 67.2 Å². The number of amides is 5. The predicted octanol–water partition coefficient (Wildman–Crippen LogP) is 1.77. The zero-order valence-corrected chi connectivity index (χ0v) is 32.9. The first kappa shape index (κ1) is 41.7. The molecule has 0 aromatic carbocycles. The fraction of sp³-hybridized carbons (Fsp3) is 0.838. The molecule has 4 fully saturated rings. The van der Waals surface area contributed by atoms with Crippen molar-refractivity contribution < 1.29 is 37.2 Å². The molecular weight excluding hydrogens is 689 g/mol. The Morgan fingerprint density at radius 3 is 2.04 bits per heavy atom. The Bertz CT molecular complexity index is 1450. The summed E-state index contributed by atoms with van der Waals surface area (Å²) in [7, 11) is -3.71. The summed E-state index contributed by atoms with van der Waals surface area (Å²) in [4.78, 5) is 82.7. The summed E-state index contributed by atoms with van der Waals surface area (Å²) in [5, 5.41) is 11.4. The summed E-state index contributed by atoms with van der Waals surface area (Å²) in [5.74, 6) is -3.90. The maximum Gasteiger partial charge on any atom is 0.289 e. The molecular formula is C37H62N6O8S. The SMILES string of the molecule is CCC[C@H](NC(=O)[C@@H]1CC[C@H]2CN(C(=O)[C@@H](NC(=O)[C@@H](NC(=O)[C@H](NS(C)(=O)=O)C(C)C)C3CCCCC3)C(C)(C)C)C[C@H]21)C(=O)C(=O)NC1CC1. The summed E-state index contributed by atoms with van der Waals surface area (Å²) < 4.78 is 26.5. The Morgan fingerprint density at radius 2 is 1.48 bits per heavy atom. The third-order valence-corrected chi connectivity index (χ3v) is 11.9. The van der Waals surface area contributed by atoms with Gasteiger partial charge in [0.1, 0.15) is 18.1 Å². The second-order valence-electron chi connectivity index (χ2n) is 17.1. The van der Waals surface area contributed by atoms with E-state index in [2.05, 4.69) is 26.0 Å². The second kappa shape index (κ2) is 17.4. The van der Waals surface area contributed by atoms with Crippen molar-refractivity contribution in [3.05, 3.63) is 0 Å². The topological polar surface area (TPSA) is 200 Å². The van der Waals surface area contributed by atoms with Gasteiger partial charge in [-0.25, -0.2) is 13.1 Å². The molecule has 1 heterocycles. The Labute approximate surface area is 309 Å². The van der Waals surface area contributed by atoms with E-state index in [0.717, 1.165) is 44.8 Å². The van der Waals surface area contributed by atoms with Crippen molar-refractivity contribution in [2.45, 2.75) is 142 Å². The lowest BCUT2D eigenvalue weighted by atomic mass is 9.82. The zero-order valence-electron chi connectivity index (χ0n) is 32.1. The van der Waals surface area contributed by atoms with Crippen LogP contribution in [0.5, 0.6) is 0 Å². The first-order chi connectivity index (χ1) is 24.3. The minimum Gasteiger partial charge on any atom is -0.347 e. The molecule has 52 heavy (non-hydrogen) atoms. The van der Waals surface area contributed by atoms with Crippen molar-refractivity contribution in [3.63, 3.8) is 0 Å². The number of ketones is 1. The van der Waals surface area contributed by atoms with E-state index in [4.69, 9.17) is 0 Å². The van der Waals surface area contributed by atoms with Crippen LogP contribution in [0.25, 0.3) is 0 Å². The lowest BCUT2D eigenvalue weighted by molar-refractivity contribution is -0.141. The molecule has 3 aliphatic carbocycles. The summed E-state index contributed by atoms with van der Waals surface area (Å²) in [6.45, 7) is 11.7. The molecule has 294 valence electrons. The van der Waals surface area contributed by atoms with Gasteiger partial charge in [0.2, 0.25) is 39.4 Å². The summed E-state index contributed by atoms with van der Waals surface area (Å²) in [6.07, 6.45) is 9.28. The van der Waals surface area contributed by atoms with Gasteiger partial charge in [0.15, 0.2) is 0 Å². The minimum atomic E-state index is -3.71. The molecule has 4 rings (SSSR count). The number of carbonyl (C=O) groups is 6. The fourth-order valence-corrected chi connectivity index (χ4v) is 8.98. The van der Waals surface area contributed by atoms with Crippen LogP contribution in [0.3, 0.4) is 0 Å². The molecule has 0 unspecified atom stereocenters. The highest BCUT2D eigenvalue weighted by Crippen LogP contribution is 2.43. The predicted molar refractivity (Wildman–Crippen MR) is 196 cm³/mol. The van der Waals surface area contributed by atoms with E-state index in [0.29, 0.717) is 45.2 Å². The van der Waals surface area contributed by atoms with Crippen molar-refractivity contribution in [2.24, 2.45) is 35.0 Å². The molecule has 4 aliphatic rings. The lowest BCUT2D eigenvalue weighted by Crippen LogP contribution is -2.61. The number of rotatable bonds is 16. The molecule has 0 spiro atoms.